The van der Waals surface area contributed by atoms with Crippen molar-refractivity contribution in [3.63, 3.8) is 0 Å². The van der Waals surface area contributed by atoms with E-state index in [-0.39, 0.29) is 5.91 Å². The molecule has 1 atom stereocenters. The monoisotopic (exact) mass is 284 g/mol. The van der Waals surface area contributed by atoms with Crippen LogP contribution < -0.4 is 5.73 Å². The lowest BCUT2D eigenvalue weighted by Gasteiger charge is -2.41. The van der Waals surface area contributed by atoms with Crippen molar-refractivity contribution < 1.29 is 4.79 Å². The van der Waals surface area contributed by atoms with Gasteiger partial charge < -0.3 is 10.6 Å². The first-order valence-electron chi connectivity index (χ1n) is 7.60. The Kier molecular flexibility index (Phi) is 6.24. The van der Waals surface area contributed by atoms with Crippen LogP contribution in [0.1, 0.15) is 65.7 Å². The summed E-state index contributed by atoms with van der Waals surface area (Å²) in [7, 11) is 0. The van der Waals surface area contributed by atoms with Gasteiger partial charge in [-0.05, 0) is 39.0 Å². The normalized spacial score (nSPS) is 20.4. The highest BCUT2D eigenvalue weighted by molar-refractivity contribution is 7.80. The van der Waals surface area contributed by atoms with Crippen LogP contribution >= 0.6 is 12.2 Å². The van der Waals surface area contributed by atoms with Gasteiger partial charge in [-0.3, -0.25) is 4.79 Å². The van der Waals surface area contributed by atoms with Crippen LogP contribution in [0.15, 0.2) is 0 Å². The maximum Gasteiger partial charge on any atom is 0.235 e. The van der Waals surface area contributed by atoms with Crippen LogP contribution in [0, 0.1) is 5.41 Å². The minimum atomic E-state index is -0.607. The number of rotatable bonds is 6. The maximum absolute atomic E-state index is 13.0. The van der Waals surface area contributed by atoms with Gasteiger partial charge >= 0.3 is 0 Å². The molecule has 2 N–H and O–H groups in total. The summed E-state index contributed by atoms with van der Waals surface area (Å²) < 4.78 is 0. The summed E-state index contributed by atoms with van der Waals surface area (Å²) in [6.45, 7) is 7.18. The number of likely N-dealkylation sites (tertiary alicyclic amines) is 1. The molecule has 1 rings (SSSR count). The van der Waals surface area contributed by atoms with Gasteiger partial charge in [0, 0.05) is 12.6 Å². The van der Waals surface area contributed by atoms with E-state index >= 15 is 0 Å². The molecule has 1 fully saturated rings. The van der Waals surface area contributed by atoms with Crippen LogP contribution in [0.25, 0.3) is 0 Å². The molecule has 0 aromatic rings. The lowest BCUT2D eigenvalue weighted by Crippen LogP contribution is -2.54. The quantitative estimate of drug-likeness (QED) is 0.762. The van der Waals surface area contributed by atoms with E-state index in [2.05, 4.69) is 20.8 Å². The van der Waals surface area contributed by atoms with Crippen molar-refractivity contribution in [2.45, 2.75) is 71.8 Å². The number of carbonyl (C=O) groups is 1. The number of thiocarbonyl (C=S) groups is 1. The van der Waals surface area contributed by atoms with Gasteiger partial charge in [-0.1, -0.05) is 38.9 Å². The van der Waals surface area contributed by atoms with Crippen molar-refractivity contribution >= 4 is 23.1 Å². The molecule has 0 aromatic carbocycles. The lowest BCUT2D eigenvalue weighted by molar-refractivity contribution is -0.142. The highest BCUT2D eigenvalue weighted by Crippen LogP contribution is 2.35. The molecule has 1 aliphatic rings. The van der Waals surface area contributed by atoms with E-state index < -0.39 is 5.41 Å². The molecule has 3 nitrogen and oxygen atoms in total. The van der Waals surface area contributed by atoms with Crippen LogP contribution in [0.5, 0.6) is 0 Å². The second kappa shape index (κ2) is 7.22. The SMILES string of the molecule is CCCC(CCC)(C(=O)N1CCCCC1C)C(N)=S. The number of nitrogens with zero attached hydrogens (tertiary/aromatic N) is 1. The Labute approximate surface area is 122 Å². The number of hydrogen-bond donors (Lipinski definition) is 1. The zero-order chi connectivity index (χ0) is 14.5. The Balaban J connectivity index is 3.01. The molecule has 0 radical (unpaired) electrons. The average Bonchev–Trinajstić information content (AvgIpc) is 2.38. The van der Waals surface area contributed by atoms with Gasteiger partial charge in [-0.25, -0.2) is 0 Å². The molecule has 0 saturated carbocycles. The van der Waals surface area contributed by atoms with Gasteiger partial charge in [0.2, 0.25) is 5.91 Å². The first kappa shape index (κ1) is 16.4. The number of carbonyl (C=O) groups excluding carboxylic acids is 1. The summed E-state index contributed by atoms with van der Waals surface area (Å²) in [5.41, 5.74) is 5.37. The fraction of sp³-hybridized carbons (Fsp3) is 0.867. The summed E-state index contributed by atoms with van der Waals surface area (Å²) in [4.78, 5) is 15.4. The first-order chi connectivity index (χ1) is 8.99. The van der Waals surface area contributed by atoms with Crippen LogP contribution in [-0.2, 0) is 4.79 Å². The molecule has 0 aliphatic carbocycles. The number of piperidine rings is 1. The summed E-state index contributed by atoms with van der Waals surface area (Å²) >= 11 is 5.27. The Morgan fingerprint density at radius 2 is 1.89 bits per heavy atom. The molecule has 0 aromatic heterocycles. The minimum absolute atomic E-state index is 0.177. The summed E-state index contributed by atoms with van der Waals surface area (Å²) in [6, 6.07) is 0.323. The average molecular weight is 284 g/mol. The highest BCUT2D eigenvalue weighted by Gasteiger charge is 2.43. The topological polar surface area (TPSA) is 46.3 Å². The molecule has 1 saturated heterocycles. The second-order valence-electron chi connectivity index (χ2n) is 5.79. The molecule has 1 aliphatic heterocycles. The molecule has 0 bridgehead atoms. The molecule has 4 heteroatoms. The largest absolute Gasteiger partial charge is 0.392 e. The Morgan fingerprint density at radius 1 is 1.32 bits per heavy atom. The third-order valence-corrected chi connectivity index (χ3v) is 4.69. The second-order valence-corrected chi connectivity index (χ2v) is 6.23. The molecule has 19 heavy (non-hydrogen) atoms. The van der Waals surface area contributed by atoms with E-state index in [0.717, 1.165) is 45.1 Å². The highest BCUT2D eigenvalue weighted by atomic mass is 32.1. The Bertz CT molecular complexity index is 324. The number of amides is 1. The summed E-state index contributed by atoms with van der Waals surface area (Å²) in [5.74, 6) is 0.177. The van der Waals surface area contributed by atoms with Gasteiger partial charge in [-0.15, -0.1) is 0 Å². The molecule has 0 spiro atoms. The van der Waals surface area contributed by atoms with Crippen LogP contribution in [-0.4, -0.2) is 28.4 Å². The van der Waals surface area contributed by atoms with E-state index in [1.54, 1.807) is 0 Å². The predicted octanol–water partition coefficient (Wildman–Crippen LogP) is 3.26. The predicted molar refractivity (Wildman–Crippen MR) is 84.1 cm³/mol. The third kappa shape index (κ3) is 3.47. The van der Waals surface area contributed by atoms with E-state index in [9.17, 15) is 4.79 Å². The number of hydrogen-bond acceptors (Lipinski definition) is 2. The van der Waals surface area contributed by atoms with Crippen molar-refractivity contribution in [3.05, 3.63) is 0 Å². The summed E-state index contributed by atoms with van der Waals surface area (Å²) in [6.07, 6.45) is 6.83. The fourth-order valence-corrected chi connectivity index (χ4v) is 3.51. The van der Waals surface area contributed by atoms with Crippen LogP contribution in [0.4, 0.5) is 0 Å². The summed E-state index contributed by atoms with van der Waals surface area (Å²) in [5, 5.41) is 0. The van der Waals surface area contributed by atoms with Crippen molar-refractivity contribution in [1.82, 2.24) is 4.90 Å². The van der Waals surface area contributed by atoms with Gasteiger partial charge in [-0.2, -0.15) is 0 Å². The van der Waals surface area contributed by atoms with E-state index in [1.165, 1.54) is 6.42 Å². The maximum atomic E-state index is 13.0. The van der Waals surface area contributed by atoms with Gasteiger partial charge in [0.15, 0.2) is 0 Å². The zero-order valence-corrected chi connectivity index (χ0v) is 13.4. The first-order valence-corrected chi connectivity index (χ1v) is 8.01. The standard InChI is InChI=1S/C15H28N2OS/c1-4-9-15(10-5-2,13(16)19)14(18)17-11-7-6-8-12(17)3/h12H,4-11H2,1-3H3,(H2,16,19). The molecule has 1 amide bonds. The van der Waals surface area contributed by atoms with Crippen molar-refractivity contribution in [2.24, 2.45) is 11.1 Å². The minimum Gasteiger partial charge on any atom is -0.392 e. The van der Waals surface area contributed by atoms with Crippen molar-refractivity contribution in [3.8, 4) is 0 Å². The Morgan fingerprint density at radius 3 is 2.32 bits per heavy atom. The lowest BCUT2D eigenvalue weighted by atomic mass is 9.77. The third-order valence-electron chi connectivity index (χ3n) is 4.30. The van der Waals surface area contributed by atoms with Gasteiger partial charge in [0.25, 0.3) is 0 Å². The fourth-order valence-electron chi connectivity index (χ4n) is 3.22. The van der Waals surface area contributed by atoms with Crippen LogP contribution in [0.3, 0.4) is 0 Å². The molecule has 110 valence electrons. The molecular weight excluding hydrogens is 256 g/mol. The van der Waals surface area contributed by atoms with E-state index in [0.29, 0.717) is 11.0 Å². The zero-order valence-electron chi connectivity index (χ0n) is 12.6. The smallest absolute Gasteiger partial charge is 0.235 e. The Hall–Kier alpha value is -0.640. The number of nitrogens with two attached hydrogens (primary N) is 1. The molecule has 1 unspecified atom stereocenters. The van der Waals surface area contributed by atoms with Crippen LogP contribution in [0.2, 0.25) is 0 Å². The molecule has 1 heterocycles. The van der Waals surface area contributed by atoms with Crippen molar-refractivity contribution in [1.29, 1.82) is 0 Å². The molecular formula is C15H28N2OS. The van der Waals surface area contributed by atoms with Crippen molar-refractivity contribution in [2.75, 3.05) is 6.54 Å². The van der Waals surface area contributed by atoms with E-state index in [4.69, 9.17) is 18.0 Å². The van der Waals surface area contributed by atoms with Gasteiger partial charge in [0.1, 0.15) is 0 Å². The van der Waals surface area contributed by atoms with Gasteiger partial charge in [0.05, 0.1) is 10.4 Å². The van der Waals surface area contributed by atoms with E-state index in [1.807, 2.05) is 4.90 Å².